The number of hydrogen-bond donors (Lipinski definition) is 0. The van der Waals surface area contributed by atoms with Crippen LogP contribution in [0, 0.1) is 13.8 Å². The molecule has 0 saturated heterocycles. The highest BCUT2D eigenvalue weighted by molar-refractivity contribution is 6.01. The lowest BCUT2D eigenvalue weighted by molar-refractivity contribution is -0.0885. The van der Waals surface area contributed by atoms with Gasteiger partial charge in [0.25, 0.3) is 5.78 Å². The predicted molar refractivity (Wildman–Crippen MR) is 72.2 cm³/mol. The van der Waals surface area contributed by atoms with E-state index in [1.54, 1.807) is 35.8 Å². The summed E-state index contributed by atoms with van der Waals surface area (Å²) in [5.74, 6) is -1.24. The van der Waals surface area contributed by atoms with Crippen LogP contribution in [-0.4, -0.2) is 23.6 Å². The second kappa shape index (κ2) is 5.27. The van der Waals surface area contributed by atoms with Crippen LogP contribution in [0.5, 0.6) is 5.75 Å². The molecule has 0 amide bonds. The van der Waals surface area contributed by atoms with Crippen LogP contribution in [0.2, 0.25) is 0 Å². The number of rotatable bonds is 3. The maximum atomic E-state index is 12.6. The number of halogens is 3. The van der Waals surface area contributed by atoms with Crippen molar-refractivity contribution in [2.24, 2.45) is 0 Å². The van der Waals surface area contributed by atoms with Crippen LogP contribution in [-0.2, 0) is 0 Å². The molecule has 0 radical (unpaired) electrons. The topological polar surface area (TPSA) is 31.2 Å². The lowest BCUT2D eigenvalue weighted by atomic mass is 10.1. The summed E-state index contributed by atoms with van der Waals surface area (Å²) in [6.45, 7) is 3.14. The van der Waals surface area contributed by atoms with Crippen LogP contribution in [0.3, 0.4) is 0 Å². The molecule has 6 heteroatoms. The first-order valence-corrected chi connectivity index (χ1v) is 6.20. The molecule has 0 N–H and O–H groups in total. The van der Waals surface area contributed by atoms with Crippen molar-refractivity contribution in [3.63, 3.8) is 0 Å². The van der Waals surface area contributed by atoms with Gasteiger partial charge in [-0.05, 0) is 32.0 Å². The van der Waals surface area contributed by atoms with E-state index in [9.17, 15) is 18.0 Å². The van der Waals surface area contributed by atoms with Gasteiger partial charge in [0.1, 0.15) is 5.75 Å². The molecule has 0 aliphatic heterocycles. The number of benzene rings is 1. The number of aryl methyl sites for hydroxylation is 1. The second-order valence-corrected chi connectivity index (χ2v) is 4.65. The van der Waals surface area contributed by atoms with Gasteiger partial charge in [-0.2, -0.15) is 13.2 Å². The van der Waals surface area contributed by atoms with E-state index in [0.29, 0.717) is 17.1 Å². The van der Waals surface area contributed by atoms with Gasteiger partial charge in [0.2, 0.25) is 0 Å². The van der Waals surface area contributed by atoms with Crippen LogP contribution < -0.4 is 4.74 Å². The number of hydrogen-bond acceptors (Lipinski definition) is 2. The molecule has 112 valence electrons. The van der Waals surface area contributed by atoms with Gasteiger partial charge in [-0.3, -0.25) is 4.79 Å². The smallest absolute Gasteiger partial charge is 0.454 e. The molecule has 2 rings (SSSR count). The van der Waals surface area contributed by atoms with Crippen molar-refractivity contribution in [3.8, 4) is 11.4 Å². The fourth-order valence-electron chi connectivity index (χ4n) is 2.29. The highest BCUT2D eigenvalue weighted by Crippen LogP contribution is 2.28. The number of alkyl halides is 3. The molecule has 1 aromatic carbocycles. The Labute approximate surface area is 120 Å². The molecular weight excluding hydrogens is 283 g/mol. The van der Waals surface area contributed by atoms with Crippen LogP contribution in [0.4, 0.5) is 13.2 Å². The SMILES string of the molecule is COc1cccc(-n2c(C)cc(C(=O)C(F)(F)F)c2C)c1. The molecule has 0 saturated carbocycles. The quantitative estimate of drug-likeness (QED) is 0.806. The molecule has 0 aliphatic rings. The summed E-state index contributed by atoms with van der Waals surface area (Å²) in [6, 6.07) is 8.16. The van der Waals surface area contributed by atoms with Gasteiger partial charge in [-0.15, -0.1) is 0 Å². The van der Waals surface area contributed by atoms with Crippen molar-refractivity contribution in [1.82, 2.24) is 4.57 Å². The third-order valence-corrected chi connectivity index (χ3v) is 3.24. The van der Waals surface area contributed by atoms with Gasteiger partial charge in [0, 0.05) is 28.7 Å². The highest BCUT2D eigenvalue weighted by Gasteiger charge is 2.41. The van der Waals surface area contributed by atoms with Crippen molar-refractivity contribution < 1.29 is 22.7 Å². The minimum atomic E-state index is -4.88. The summed E-state index contributed by atoms with van der Waals surface area (Å²) in [5.41, 5.74) is 1.12. The van der Waals surface area contributed by atoms with Gasteiger partial charge in [0.15, 0.2) is 0 Å². The van der Waals surface area contributed by atoms with Gasteiger partial charge >= 0.3 is 6.18 Å². The molecular formula is C15H14F3NO2. The maximum absolute atomic E-state index is 12.6. The minimum absolute atomic E-state index is 0.253. The van der Waals surface area contributed by atoms with Gasteiger partial charge in [0.05, 0.1) is 7.11 Å². The molecule has 0 bridgehead atoms. The van der Waals surface area contributed by atoms with E-state index >= 15 is 0 Å². The zero-order valence-corrected chi connectivity index (χ0v) is 11.8. The summed E-state index contributed by atoms with van der Waals surface area (Å²) in [7, 11) is 1.51. The van der Waals surface area contributed by atoms with E-state index in [-0.39, 0.29) is 11.3 Å². The van der Waals surface area contributed by atoms with Crippen molar-refractivity contribution in [3.05, 3.63) is 47.3 Å². The molecule has 3 nitrogen and oxygen atoms in total. The number of methoxy groups -OCH3 is 1. The number of nitrogens with zero attached hydrogens (tertiary/aromatic N) is 1. The van der Waals surface area contributed by atoms with Crippen LogP contribution >= 0.6 is 0 Å². The van der Waals surface area contributed by atoms with Crippen molar-refractivity contribution >= 4 is 5.78 Å². The third-order valence-electron chi connectivity index (χ3n) is 3.24. The molecule has 0 unspecified atom stereocenters. The Bertz CT molecular complexity index is 687. The maximum Gasteiger partial charge on any atom is 0.454 e. The third kappa shape index (κ3) is 2.79. The Hall–Kier alpha value is -2.24. The van der Waals surface area contributed by atoms with E-state index in [2.05, 4.69) is 0 Å². The Morgan fingerprint density at radius 2 is 1.86 bits per heavy atom. The Morgan fingerprint density at radius 3 is 2.43 bits per heavy atom. The predicted octanol–water partition coefficient (Wildman–Crippen LogP) is 3.85. The van der Waals surface area contributed by atoms with Crippen LogP contribution in [0.1, 0.15) is 21.7 Å². The standard InChI is InChI=1S/C15H14F3NO2/c1-9-7-13(14(20)15(16,17)18)10(2)19(9)11-5-4-6-12(8-11)21-3/h4-8H,1-3H3. The minimum Gasteiger partial charge on any atom is -0.497 e. The highest BCUT2D eigenvalue weighted by atomic mass is 19.4. The molecule has 21 heavy (non-hydrogen) atoms. The van der Waals surface area contributed by atoms with Crippen molar-refractivity contribution in [1.29, 1.82) is 0 Å². The number of ether oxygens (including phenoxy) is 1. The second-order valence-electron chi connectivity index (χ2n) is 4.65. The lowest BCUT2D eigenvalue weighted by Crippen LogP contribution is -2.23. The van der Waals surface area contributed by atoms with E-state index in [1.807, 2.05) is 0 Å². The van der Waals surface area contributed by atoms with E-state index < -0.39 is 12.0 Å². The Kier molecular flexibility index (Phi) is 3.80. The Morgan fingerprint density at radius 1 is 1.19 bits per heavy atom. The fraction of sp³-hybridized carbons (Fsp3) is 0.267. The number of carbonyl (C=O) groups excluding carboxylic acids is 1. The van der Waals surface area contributed by atoms with Crippen molar-refractivity contribution in [2.75, 3.05) is 7.11 Å². The van der Waals surface area contributed by atoms with Crippen molar-refractivity contribution in [2.45, 2.75) is 20.0 Å². The molecule has 2 aromatic rings. The lowest BCUT2D eigenvalue weighted by Gasteiger charge is -2.11. The summed E-state index contributed by atoms with van der Waals surface area (Å²) < 4.78 is 44.5. The number of aromatic nitrogens is 1. The molecule has 0 atom stereocenters. The van der Waals surface area contributed by atoms with E-state index in [4.69, 9.17) is 4.74 Å². The van der Waals surface area contributed by atoms with Gasteiger partial charge in [-0.1, -0.05) is 6.07 Å². The van der Waals surface area contributed by atoms with Gasteiger partial charge < -0.3 is 9.30 Å². The first kappa shape index (κ1) is 15.2. The summed E-state index contributed by atoms with van der Waals surface area (Å²) in [5, 5.41) is 0. The zero-order chi connectivity index (χ0) is 15.8. The molecule has 1 aromatic heterocycles. The summed E-state index contributed by atoms with van der Waals surface area (Å²) >= 11 is 0. The Balaban J connectivity index is 2.56. The molecule has 0 fully saturated rings. The van der Waals surface area contributed by atoms with Crippen LogP contribution in [0.15, 0.2) is 30.3 Å². The zero-order valence-electron chi connectivity index (χ0n) is 11.8. The van der Waals surface area contributed by atoms with E-state index in [0.717, 1.165) is 0 Å². The summed E-state index contributed by atoms with van der Waals surface area (Å²) in [4.78, 5) is 11.4. The number of ketones is 1. The number of Topliss-reactive ketones (excluding diaryl/α,β-unsaturated/α-hetero) is 1. The number of carbonyl (C=O) groups is 1. The van der Waals surface area contributed by atoms with Crippen LogP contribution in [0.25, 0.3) is 5.69 Å². The monoisotopic (exact) mass is 297 g/mol. The first-order chi connectivity index (χ1) is 9.75. The summed E-state index contributed by atoms with van der Waals surface area (Å²) in [6.07, 6.45) is -4.88. The molecule has 0 aliphatic carbocycles. The van der Waals surface area contributed by atoms with Gasteiger partial charge in [-0.25, -0.2) is 0 Å². The largest absolute Gasteiger partial charge is 0.497 e. The normalized spacial score (nSPS) is 11.5. The average Bonchev–Trinajstić information content (AvgIpc) is 2.72. The fourth-order valence-corrected chi connectivity index (χ4v) is 2.29. The average molecular weight is 297 g/mol. The van der Waals surface area contributed by atoms with E-state index in [1.165, 1.54) is 20.1 Å². The molecule has 0 spiro atoms. The first-order valence-electron chi connectivity index (χ1n) is 6.20. The molecule has 1 heterocycles.